The van der Waals surface area contributed by atoms with Gasteiger partial charge in [-0.05, 0) is 52.4 Å². The first-order chi connectivity index (χ1) is 14.6. The van der Waals surface area contributed by atoms with Crippen LogP contribution in [-0.2, 0) is 13.2 Å². The smallest absolute Gasteiger partial charge is 0.174 e. The minimum absolute atomic E-state index is 0.361. The van der Waals surface area contributed by atoms with Crippen molar-refractivity contribution in [2.75, 3.05) is 14.2 Å². The van der Waals surface area contributed by atoms with Gasteiger partial charge in [0.05, 0.1) is 30.5 Å². The summed E-state index contributed by atoms with van der Waals surface area (Å²) in [4.78, 5) is 0. The maximum atomic E-state index is 6.22. The van der Waals surface area contributed by atoms with Gasteiger partial charge in [0, 0.05) is 16.1 Å². The van der Waals surface area contributed by atoms with Crippen LogP contribution in [0.4, 0.5) is 0 Å². The molecule has 0 radical (unpaired) electrons. The van der Waals surface area contributed by atoms with Gasteiger partial charge in [-0.2, -0.15) is 5.10 Å². The Morgan fingerprint density at radius 3 is 2.40 bits per heavy atom. The summed E-state index contributed by atoms with van der Waals surface area (Å²) in [6, 6.07) is 19.3. The lowest BCUT2D eigenvalue weighted by Gasteiger charge is -2.14. The van der Waals surface area contributed by atoms with Gasteiger partial charge >= 0.3 is 0 Å². The Morgan fingerprint density at radius 2 is 1.67 bits per heavy atom. The second kappa shape index (κ2) is 11.1. The highest BCUT2D eigenvalue weighted by atomic mass is 127. The molecule has 3 rings (SSSR count). The van der Waals surface area contributed by atoms with E-state index < -0.39 is 0 Å². The fourth-order valence-corrected chi connectivity index (χ4v) is 3.79. The van der Waals surface area contributed by atoms with Crippen LogP contribution < -0.4 is 19.6 Å². The van der Waals surface area contributed by atoms with E-state index in [9.17, 15) is 0 Å². The number of para-hydroxylation sites is 1. The molecule has 0 aromatic heterocycles. The number of ether oxygens (including phenoxy) is 3. The molecule has 0 bridgehead atoms. The molecule has 0 unspecified atom stereocenters. The van der Waals surface area contributed by atoms with Crippen molar-refractivity contribution in [2.45, 2.75) is 13.2 Å². The molecule has 0 aliphatic carbocycles. The molecule has 0 aliphatic rings. The second-order valence-corrected chi connectivity index (χ2v) is 7.89. The first-order valence-corrected chi connectivity index (χ1v) is 10.7. The summed E-state index contributed by atoms with van der Waals surface area (Å²) < 4.78 is 17.8. The van der Waals surface area contributed by atoms with Crippen molar-refractivity contribution in [2.24, 2.45) is 5.10 Å². The lowest BCUT2D eigenvalue weighted by atomic mass is 10.2. The number of benzene rings is 3. The fourth-order valence-electron chi connectivity index (χ4n) is 2.82. The van der Waals surface area contributed by atoms with Gasteiger partial charge in [-0.3, -0.25) is 0 Å². The molecule has 156 valence electrons. The molecule has 0 saturated carbocycles. The lowest BCUT2D eigenvalue weighted by molar-refractivity contribution is 0.282. The molecule has 0 amide bonds. The van der Waals surface area contributed by atoms with Crippen LogP contribution in [0.3, 0.4) is 0 Å². The zero-order valence-corrected chi connectivity index (χ0v) is 19.6. The highest BCUT2D eigenvalue weighted by Gasteiger charge is 2.12. The Kier molecular flexibility index (Phi) is 8.21. The van der Waals surface area contributed by atoms with Crippen molar-refractivity contribution >= 4 is 40.4 Å². The Hall–Kier alpha value is -2.45. The van der Waals surface area contributed by atoms with E-state index in [1.807, 2.05) is 60.7 Å². The normalized spacial score (nSPS) is 10.8. The van der Waals surface area contributed by atoms with Gasteiger partial charge in [-0.25, -0.2) is 0 Å². The lowest BCUT2D eigenvalue weighted by Crippen LogP contribution is -2.07. The number of methoxy groups -OCH3 is 2. The standard InChI is InChI=1S/C23H22ClIN2O3/c1-28-21-10-6-4-7-17(21)14-27-26-13-16-11-20(25)23(22(12-16)29-2)30-15-18-8-3-5-9-19(18)24/h3-13,27H,14-15H2,1-2H3/b26-13-. The summed E-state index contributed by atoms with van der Waals surface area (Å²) in [5, 5.41) is 4.99. The summed E-state index contributed by atoms with van der Waals surface area (Å²) in [5.74, 6) is 2.15. The Balaban J connectivity index is 1.67. The topological polar surface area (TPSA) is 52.1 Å². The third kappa shape index (κ3) is 5.79. The van der Waals surface area contributed by atoms with Gasteiger partial charge in [0.25, 0.3) is 0 Å². The monoisotopic (exact) mass is 536 g/mol. The van der Waals surface area contributed by atoms with Crippen LogP contribution in [0.2, 0.25) is 5.02 Å². The number of hydrogen-bond donors (Lipinski definition) is 1. The van der Waals surface area contributed by atoms with Crippen molar-refractivity contribution < 1.29 is 14.2 Å². The average molecular weight is 537 g/mol. The molecule has 0 spiro atoms. The Labute approximate surface area is 195 Å². The van der Waals surface area contributed by atoms with E-state index in [1.54, 1.807) is 20.4 Å². The van der Waals surface area contributed by atoms with Gasteiger partial charge in [-0.1, -0.05) is 48.0 Å². The molecular weight excluding hydrogens is 515 g/mol. The van der Waals surface area contributed by atoms with Gasteiger partial charge in [0.1, 0.15) is 12.4 Å². The summed E-state index contributed by atoms with van der Waals surface area (Å²) in [6.45, 7) is 0.924. The molecule has 7 heteroatoms. The van der Waals surface area contributed by atoms with Crippen LogP contribution in [-0.4, -0.2) is 20.4 Å². The zero-order valence-electron chi connectivity index (χ0n) is 16.7. The minimum atomic E-state index is 0.361. The summed E-state index contributed by atoms with van der Waals surface area (Å²) in [5.41, 5.74) is 5.90. The highest BCUT2D eigenvalue weighted by molar-refractivity contribution is 14.1. The quantitative estimate of drug-likeness (QED) is 0.218. The van der Waals surface area contributed by atoms with Crippen LogP contribution in [0, 0.1) is 3.57 Å². The van der Waals surface area contributed by atoms with Crippen molar-refractivity contribution in [3.63, 3.8) is 0 Å². The zero-order chi connectivity index (χ0) is 21.3. The molecule has 0 saturated heterocycles. The predicted molar refractivity (Wildman–Crippen MR) is 129 cm³/mol. The van der Waals surface area contributed by atoms with Crippen LogP contribution in [0.5, 0.6) is 17.2 Å². The van der Waals surface area contributed by atoms with E-state index in [1.165, 1.54) is 0 Å². The van der Waals surface area contributed by atoms with Crippen molar-refractivity contribution in [1.29, 1.82) is 0 Å². The summed E-state index contributed by atoms with van der Waals surface area (Å²) in [6.07, 6.45) is 1.75. The van der Waals surface area contributed by atoms with Crippen LogP contribution in [0.1, 0.15) is 16.7 Å². The molecule has 1 N–H and O–H groups in total. The van der Waals surface area contributed by atoms with Crippen LogP contribution >= 0.6 is 34.2 Å². The number of hydrazone groups is 1. The van der Waals surface area contributed by atoms with E-state index in [-0.39, 0.29) is 0 Å². The largest absolute Gasteiger partial charge is 0.496 e. The van der Waals surface area contributed by atoms with Crippen LogP contribution in [0.15, 0.2) is 65.8 Å². The molecule has 0 aliphatic heterocycles. The minimum Gasteiger partial charge on any atom is -0.496 e. The first kappa shape index (κ1) is 22.2. The van der Waals surface area contributed by atoms with Gasteiger partial charge in [0.15, 0.2) is 11.5 Å². The molecule has 0 fully saturated rings. The number of nitrogens with zero attached hydrogens (tertiary/aromatic N) is 1. The molecule has 5 nitrogen and oxygen atoms in total. The van der Waals surface area contributed by atoms with E-state index in [0.29, 0.717) is 29.7 Å². The van der Waals surface area contributed by atoms with E-state index in [2.05, 4.69) is 33.1 Å². The fraction of sp³-hybridized carbons (Fsp3) is 0.174. The first-order valence-electron chi connectivity index (χ1n) is 9.24. The van der Waals surface area contributed by atoms with Gasteiger partial charge in [-0.15, -0.1) is 0 Å². The van der Waals surface area contributed by atoms with Gasteiger partial charge in [0.2, 0.25) is 0 Å². The number of halogens is 2. The molecule has 30 heavy (non-hydrogen) atoms. The SMILES string of the molecule is COc1ccccc1CN/N=C\c1cc(I)c(OCc2ccccc2Cl)c(OC)c1. The average Bonchev–Trinajstić information content (AvgIpc) is 2.77. The van der Waals surface area contributed by atoms with Crippen LogP contribution in [0.25, 0.3) is 0 Å². The molecule has 0 atom stereocenters. The molecule has 3 aromatic carbocycles. The third-order valence-corrected chi connectivity index (χ3v) is 5.52. The van der Waals surface area contributed by atoms with Crippen molar-refractivity contribution in [3.8, 4) is 17.2 Å². The van der Waals surface area contributed by atoms with E-state index in [0.717, 1.165) is 26.0 Å². The predicted octanol–water partition coefficient (Wildman–Crippen LogP) is 5.66. The number of nitrogens with one attached hydrogen (secondary N) is 1. The molecular formula is C23H22ClIN2O3. The Morgan fingerprint density at radius 1 is 0.967 bits per heavy atom. The third-order valence-electron chi connectivity index (χ3n) is 4.35. The summed E-state index contributed by atoms with van der Waals surface area (Å²) >= 11 is 8.45. The Bertz CT molecular complexity index is 1030. The van der Waals surface area contributed by atoms with E-state index in [4.69, 9.17) is 25.8 Å². The molecule has 0 heterocycles. The number of hydrogen-bond acceptors (Lipinski definition) is 5. The highest BCUT2D eigenvalue weighted by Crippen LogP contribution is 2.34. The van der Waals surface area contributed by atoms with Crippen molar-refractivity contribution in [3.05, 3.63) is 85.9 Å². The van der Waals surface area contributed by atoms with E-state index >= 15 is 0 Å². The van der Waals surface area contributed by atoms with Gasteiger partial charge < -0.3 is 19.6 Å². The second-order valence-electron chi connectivity index (χ2n) is 6.32. The maximum Gasteiger partial charge on any atom is 0.174 e. The van der Waals surface area contributed by atoms with Crippen molar-refractivity contribution in [1.82, 2.24) is 5.43 Å². The number of rotatable bonds is 9. The summed E-state index contributed by atoms with van der Waals surface area (Å²) in [7, 11) is 3.28. The molecule has 3 aromatic rings. The maximum absolute atomic E-state index is 6.22.